The fourth-order valence-electron chi connectivity index (χ4n) is 3.58. The number of rotatable bonds is 3. The van der Waals surface area contributed by atoms with Crippen molar-refractivity contribution in [2.45, 2.75) is 44.2 Å². The van der Waals surface area contributed by atoms with E-state index in [0.29, 0.717) is 18.6 Å². The van der Waals surface area contributed by atoms with Crippen LogP contribution in [0.15, 0.2) is 18.2 Å². The van der Waals surface area contributed by atoms with Gasteiger partial charge in [-0.1, -0.05) is 0 Å². The van der Waals surface area contributed by atoms with Crippen LogP contribution in [0.2, 0.25) is 0 Å². The molecule has 1 aromatic carbocycles. The highest BCUT2D eigenvalue weighted by Crippen LogP contribution is 2.39. The van der Waals surface area contributed by atoms with Gasteiger partial charge in [-0.05, 0) is 31.4 Å². The first-order valence-corrected chi connectivity index (χ1v) is 7.22. The molecule has 112 valence electrons. The number of nitrogens with zero attached hydrogens (tertiary/aromatic N) is 2. The molecule has 2 bridgehead atoms. The lowest BCUT2D eigenvalue weighted by Gasteiger charge is -2.47. The minimum Gasteiger partial charge on any atom is -0.490 e. The quantitative estimate of drug-likeness (QED) is 0.632. The Kier molecular flexibility index (Phi) is 3.53. The Morgan fingerprint density at radius 1 is 1.29 bits per heavy atom. The van der Waals surface area contributed by atoms with Gasteiger partial charge in [0.2, 0.25) is 0 Å². The van der Waals surface area contributed by atoms with E-state index in [9.17, 15) is 14.9 Å². The molecule has 2 aliphatic heterocycles. The normalized spacial score (nSPS) is 24.8. The van der Waals surface area contributed by atoms with E-state index < -0.39 is 4.92 Å². The molecular formula is C15H18N2O4. The van der Waals surface area contributed by atoms with Gasteiger partial charge in [-0.25, -0.2) is 0 Å². The number of hydrogen-bond donors (Lipinski definition) is 0. The number of nitro benzene ring substituents is 1. The molecule has 1 aromatic rings. The lowest BCUT2D eigenvalue weighted by atomic mass is 9.83. The van der Waals surface area contributed by atoms with Crippen LogP contribution in [-0.4, -0.2) is 29.9 Å². The van der Waals surface area contributed by atoms with Gasteiger partial charge in [0.15, 0.2) is 5.75 Å². The van der Waals surface area contributed by atoms with Crippen molar-refractivity contribution in [3.05, 3.63) is 28.3 Å². The number of hydrogen-bond acceptors (Lipinski definition) is 5. The molecule has 2 unspecified atom stereocenters. The summed E-state index contributed by atoms with van der Waals surface area (Å²) in [6.07, 6.45) is 4.17. The lowest BCUT2D eigenvalue weighted by Crippen LogP contribution is -2.52. The molecule has 2 atom stereocenters. The Morgan fingerprint density at radius 2 is 1.95 bits per heavy atom. The van der Waals surface area contributed by atoms with Crippen LogP contribution < -0.4 is 9.64 Å². The average Bonchev–Trinajstić information content (AvgIpc) is 2.45. The van der Waals surface area contributed by atoms with Crippen molar-refractivity contribution >= 4 is 17.2 Å². The molecule has 0 aromatic heterocycles. The Hall–Kier alpha value is -2.11. The molecular weight excluding hydrogens is 272 g/mol. The second kappa shape index (κ2) is 5.35. The summed E-state index contributed by atoms with van der Waals surface area (Å²) in [6.45, 7) is 0. The van der Waals surface area contributed by atoms with Crippen molar-refractivity contribution in [2.24, 2.45) is 0 Å². The first-order chi connectivity index (χ1) is 10.1. The van der Waals surface area contributed by atoms with Crippen LogP contribution in [0.3, 0.4) is 0 Å². The Balaban J connectivity index is 1.98. The highest BCUT2D eigenvalue weighted by atomic mass is 16.6. The molecule has 3 rings (SSSR count). The van der Waals surface area contributed by atoms with E-state index in [1.807, 2.05) is 6.07 Å². The van der Waals surface area contributed by atoms with Crippen molar-refractivity contribution in [1.29, 1.82) is 0 Å². The van der Waals surface area contributed by atoms with Gasteiger partial charge < -0.3 is 9.64 Å². The monoisotopic (exact) mass is 290 g/mol. The molecule has 0 N–H and O–H groups in total. The number of fused-ring (bicyclic) bond motifs is 2. The van der Waals surface area contributed by atoms with Crippen LogP contribution in [0.4, 0.5) is 11.4 Å². The van der Waals surface area contributed by atoms with Crippen LogP contribution in [-0.2, 0) is 4.79 Å². The van der Waals surface area contributed by atoms with Crippen LogP contribution in [0.1, 0.15) is 32.1 Å². The van der Waals surface area contributed by atoms with Crippen LogP contribution >= 0.6 is 0 Å². The third-order valence-corrected chi connectivity index (χ3v) is 4.45. The van der Waals surface area contributed by atoms with Crippen LogP contribution in [0, 0.1) is 10.1 Å². The van der Waals surface area contributed by atoms with E-state index in [2.05, 4.69) is 4.90 Å². The smallest absolute Gasteiger partial charge is 0.312 e. The molecule has 6 heteroatoms. The second-order valence-corrected chi connectivity index (χ2v) is 5.71. The van der Waals surface area contributed by atoms with Crippen LogP contribution in [0.5, 0.6) is 5.75 Å². The van der Waals surface area contributed by atoms with Crippen molar-refractivity contribution in [3.63, 3.8) is 0 Å². The number of methoxy groups -OCH3 is 1. The molecule has 21 heavy (non-hydrogen) atoms. The van der Waals surface area contributed by atoms with Crippen LogP contribution in [0.25, 0.3) is 0 Å². The van der Waals surface area contributed by atoms with Crippen molar-refractivity contribution in [3.8, 4) is 5.75 Å². The highest BCUT2D eigenvalue weighted by molar-refractivity contribution is 5.83. The molecule has 0 amide bonds. The van der Waals surface area contributed by atoms with E-state index in [0.717, 1.165) is 24.9 Å². The molecule has 0 radical (unpaired) electrons. The van der Waals surface area contributed by atoms with Gasteiger partial charge in [0.1, 0.15) is 5.78 Å². The van der Waals surface area contributed by atoms with Gasteiger partial charge >= 0.3 is 5.69 Å². The first-order valence-electron chi connectivity index (χ1n) is 7.22. The van der Waals surface area contributed by atoms with E-state index in [1.165, 1.54) is 7.11 Å². The lowest BCUT2D eigenvalue weighted by molar-refractivity contribution is -0.385. The number of carbonyl (C=O) groups excluding carboxylic acids is 1. The number of Topliss-reactive ketones (excluding diaryl/α,β-unsaturated/α-hetero) is 1. The topological polar surface area (TPSA) is 72.7 Å². The molecule has 2 heterocycles. The summed E-state index contributed by atoms with van der Waals surface area (Å²) < 4.78 is 5.05. The van der Waals surface area contributed by atoms with Gasteiger partial charge in [-0.15, -0.1) is 0 Å². The number of benzene rings is 1. The van der Waals surface area contributed by atoms with Gasteiger partial charge in [0.25, 0.3) is 0 Å². The summed E-state index contributed by atoms with van der Waals surface area (Å²) in [5, 5.41) is 11.2. The largest absolute Gasteiger partial charge is 0.490 e. The maximum atomic E-state index is 11.8. The minimum atomic E-state index is -0.423. The number of carbonyl (C=O) groups is 1. The zero-order valence-corrected chi connectivity index (χ0v) is 11.9. The Labute approximate surface area is 122 Å². The van der Waals surface area contributed by atoms with Gasteiger partial charge in [0, 0.05) is 36.7 Å². The summed E-state index contributed by atoms with van der Waals surface area (Å²) in [7, 11) is 1.43. The first kappa shape index (κ1) is 13.9. The maximum Gasteiger partial charge on any atom is 0.312 e. The standard InChI is InChI=1S/C15H18N2O4/c1-21-15-6-5-12(9-14(15)17(19)20)16-10-3-2-4-11(16)8-13(18)7-10/h5-6,9-11H,2-4,7-8H2,1H3. The highest BCUT2D eigenvalue weighted by Gasteiger charge is 2.38. The maximum absolute atomic E-state index is 11.8. The van der Waals surface area contributed by atoms with Crippen molar-refractivity contribution in [1.82, 2.24) is 0 Å². The van der Waals surface area contributed by atoms with E-state index in [4.69, 9.17) is 4.74 Å². The molecule has 2 fully saturated rings. The van der Waals surface area contributed by atoms with Crippen molar-refractivity contribution in [2.75, 3.05) is 12.0 Å². The molecule has 0 aliphatic carbocycles. The van der Waals surface area contributed by atoms with Gasteiger partial charge in [-0.3, -0.25) is 14.9 Å². The molecule has 0 saturated carbocycles. The third-order valence-electron chi connectivity index (χ3n) is 4.45. The van der Waals surface area contributed by atoms with Gasteiger partial charge in [0.05, 0.1) is 12.0 Å². The minimum absolute atomic E-state index is 0.0232. The second-order valence-electron chi connectivity index (χ2n) is 5.71. The van der Waals surface area contributed by atoms with E-state index in [-0.39, 0.29) is 23.5 Å². The number of piperidine rings is 2. The summed E-state index contributed by atoms with van der Waals surface area (Å²) >= 11 is 0. The number of nitro groups is 1. The number of ketones is 1. The predicted octanol–water partition coefficient (Wildman–Crippen LogP) is 2.69. The number of anilines is 1. The van der Waals surface area contributed by atoms with E-state index in [1.54, 1.807) is 12.1 Å². The SMILES string of the molecule is COc1ccc(N2C3CCCC2CC(=O)C3)cc1[N+](=O)[O-]. The zero-order valence-electron chi connectivity index (χ0n) is 11.9. The third kappa shape index (κ3) is 2.46. The zero-order chi connectivity index (χ0) is 15.0. The molecule has 2 aliphatic rings. The summed E-state index contributed by atoms with van der Waals surface area (Å²) in [4.78, 5) is 24.7. The summed E-state index contributed by atoms with van der Waals surface area (Å²) in [5.74, 6) is 0.575. The Morgan fingerprint density at radius 3 is 2.52 bits per heavy atom. The molecule has 6 nitrogen and oxygen atoms in total. The molecule has 0 spiro atoms. The Bertz CT molecular complexity index is 571. The van der Waals surface area contributed by atoms with Crippen molar-refractivity contribution < 1.29 is 14.5 Å². The fraction of sp³-hybridized carbons (Fsp3) is 0.533. The van der Waals surface area contributed by atoms with E-state index >= 15 is 0 Å². The average molecular weight is 290 g/mol. The van der Waals surface area contributed by atoms with Gasteiger partial charge in [-0.2, -0.15) is 0 Å². The summed E-state index contributed by atoms with van der Waals surface area (Å²) in [5.41, 5.74) is 0.801. The number of ether oxygens (including phenoxy) is 1. The predicted molar refractivity (Wildman–Crippen MR) is 77.8 cm³/mol. The fourth-order valence-corrected chi connectivity index (χ4v) is 3.58. The summed E-state index contributed by atoms with van der Waals surface area (Å²) in [6, 6.07) is 5.42. The molecule has 2 saturated heterocycles.